The van der Waals surface area contributed by atoms with Crippen molar-refractivity contribution in [1.29, 1.82) is 0 Å². The van der Waals surface area contributed by atoms with E-state index in [0.717, 1.165) is 37.5 Å². The highest BCUT2D eigenvalue weighted by Gasteiger charge is 2.31. The summed E-state index contributed by atoms with van der Waals surface area (Å²) in [6.45, 7) is 9.79. The Kier molecular flexibility index (Phi) is 6.31. The van der Waals surface area contributed by atoms with E-state index in [0.29, 0.717) is 33.7 Å². The number of pyridine rings is 1. The average Bonchev–Trinajstić information content (AvgIpc) is 2.59. The zero-order valence-corrected chi connectivity index (χ0v) is 15.5. The maximum absolute atomic E-state index is 13.2. The first kappa shape index (κ1) is 19.4. The molecule has 26 heavy (non-hydrogen) atoms. The monoisotopic (exact) mass is 352 g/mol. The first-order valence-corrected chi connectivity index (χ1v) is 8.77. The largest absolute Gasteiger partial charge is 0.351 e. The van der Waals surface area contributed by atoms with Gasteiger partial charge in [-0.05, 0) is 37.8 Å². The van der Waals surface area contributed by atoms with E-state index in [4.69, 9.17) is 0 Å². The molecule has 2 N–H and O–H groups in total. The highest BCUT2D eigenvalue weighted by molar-refractivity contribution is 6.19. The van der Waals surface area contributed by atoms with Crippen LogP contribution in [0.3, 0.4) is 0 Å². The first-order chi connectivity index (χ1) is 12.4. The molecule has 0 amide bonds. The van der Waals surface area contributed by atoms with E-state index < -0.39 is 0 Å². The van der Waals surface area contributed by atoms with Crippen molar-refractivity contribution in [1.82, 2.24) is 10.3 Å². The summed E-state index contributed by atoms with van der Waals surface area (Å²) in [5.41, 5.74) is 3.35. The van der Waals surface area contributed by atoms with E-state index in [1.165, 1.54) is 6.07 Å². The average molecular weight is 352 g/mol. The number of hydrogen-bond acceptors (Lipinski definition) is 4. The van der Waals surface area contributed by atoms with Crippen molar-refractivity contribution in [3.05, 3.63) is 68.9 Å². The molecule has 1 aliphatic rings. The predicted octanol–water partition coefficient (Wildman–Crippen LogP) is 3.61. The molecule has 0 unspecified atom stereocenters. The number of fused-ring (bicyclic) bond motifs is 1. The van der Waals surface area contributed by atoms with Gasteiger partial charge in [0.05, 0.1) is 17.6 Å². The van der Waals surface area contributed by atoms with Crippen LogP contribution in [0.1, 0.15) is 61.1 Å². The van der Waals surface area contributed by atoms with E-state index in [9.17, 15) is 14.4 Å². The lowest BCUT2D eigenvalue weighted by Crippen LogP contribution is -2.26. The molecule has 1 aromatic rings. The number of carbonyl (C=O) groups is 1. The van der Waals surface area contributed by atoms with Crippen LogP contribution in [0.4, 0.5) is 0 Å². The molecule has 0 radical (unpaired) electrons. The normalized spacial score (nSPS) is 14.2. The Morgan fingerprint density at radius 2 is 2.08 bits per heavy atom. The number of aryl methyl sites for hydroxylation is 1. The van der Waals surface area contributed by atoms with Crippen molar-refractivity contribution in [3.63, 3.8) is 0 Å². The Balaban J connectivity index is 2.59. The number of hydrogen-bond donors (Lipinski definition) is 2. The number of aromatic amines is 1. The van der Waals surface area contributed by atoms with Crippen LogP contribution < -0.4 is 10.9 Å². The summed E-state index contributed by atoms with van der Waals surface area (Å²) in [5.74, 6) is 1.46. The van der Waals surface area contributed by atoms with Gasteiger partial charge in [0.2, 0.25) is 5.56 Å². The molecule has 0 saturated carbocycles. The van der Waals surface area contributed by atoms with Crippen LogP contribution >= 0.6 is 0 Å². The molecule has 1 aromatic heterocycles. The Morgan fingerprint density at radius 3 is 2.73 bits per heavy atom. The Bertz CT molecular complexity index is 910. The topological polar surface area (TPSA) is 79.0 Å². The zero-order valence-electron chi connectivity index (χ0n) is 15.5. The Labute approximate surface area is 153 Å². The lowest BCUT2D eigenvalue weighted by Gasteiger charge is -2.25. The molecule has 5 nitrogen and oxygen atoms in total. The van der Waals surface area contributed by atoms with Gasteiger partial charge in [0.15, 0.2) is 5.78 Å². The number of carbonyl (C=O) groups excluding carboxylic acids is 2. The second kappa shape index (κ2) is 8.45. The lowest BCUT2D eigenvalue weighted by molar-refractivity contribution is 0.103. The fourth-order valence-corrected chi connectivity index (χ4v) is 3.17. The van der Waals surface area contributed by atoms with Gasteiger partial charge in [-0.15, -0.1) is 0 Å². The van der Waals surface area contributed by atoms with Gasteiger partial charge in [0, 0.05) is 22.8 Å². The maximum Gasteiger partial charge on any atom is 0.248 e. The van der Waals surface area contributed by atoms with Crippen LogP contribution in [0.25, 0.3) is 5.57 Å². The number of aromatic nitrogens is 1. The van der Waals surface area contributed by atoms with Crippen LogP contribution in [0.2, 0.25) is 0 Å². The molecule has 0 bridgehead atoms. The number of unbranched alkanes of at least 4 members (excludes halogenated alkanes) is 3. The Morgan fingerprint density at radius 1 is 1.35 bits per heavy atom. The quantitative estimate of drug-likeness (QED) is 0.580. The molecule has 0 spiro atoms. The molecule has 5 heteroatoms. The minimum absolute atomic E-state index is 0.188. The SMILES string of the molecule is C=C1C(NC=C=O)=C(/C(C)=C\CCCCC)C(=O)c2c(C)cc(=O)[nH]c21. The van der Waals surface area contributed by atoms with Gasteiger partial charge in [0.1, 0.15) is 5.94 Å². The number of Topliss-reactive ketones (excluding diaryl/α,β-unsaturated/α-hetero) is 1. The third kappa shape index (κ3) is 3.84. The van der Waals surface area contributed by atoms with Gasteiger partial charge in [-0.3, -0.25) is 9.59 Å². The summed E-state index contributed by atoms with van der Waals surface area (Å²) in [4.78, 5) is 38.4. The van der Waals surface area contributed by atoms with Crippen LogP contribution in [0.15, 0.2) is 46.6 Å². The summed E-state index contributed by atoms with van der Waals surface area (Å²) >= 11 is 0. The molecule has 0 saturated heterocycles. The van der Waals surface area contributed by atoms with Crippen molar-refractivity contribution in [2.75, 3.05) is 0 Å². The molecule has 0 atom stereocenters. The van der Waals surface area contributed by atoms with Gasteiger partial charge in [-0.2, -0.15) is 0 Å². The van der Waals surface area contributed by atoms with Crippen molar-refractivity contribution < 1.29 is 9.59 Å². The molecule has 0 fully saturated rings. The maximum atomic E-state index is 13.2. The molecular formula is C21H24N2O3. The van der Waals surface area contributed by atoms with Crippen molar-refractivity contribution >= 4 is 17.3 Å². The van der Waals surface area contributed by atoms with Gasteiger partial charge in [-0.1, -0.05) is 32.4 Å². The highest BCUT2D eigenvalue weighted by atomic mass is 16.1. The highest BCUT2D eigenvalue weighted by Crippen LogP contribution is 2.35. The minimum Gasteiger partial charge on any atom is -0.351 e. The van der Waals surface area contributed by atoms with Crippen LogP contribution in [0.5, 0.6) is 0 Å². The molecule has 1 heterocycles. The molecule has 136 valence electrons. The summed E-state index contributed by atoms with van der Waals surface area (Å²) in [6.07, 6.45) is 7.31. The van der Waals surface area contributed by atoms with Crippen LogP contribution in [-0.4, -0.2) is 16.7 Å². The lowest BCUT2D eigenvalue weighted by atomic mass is 9.83. The van der Waals surface area contributed by atoms with E-state index >= 15 is 0 Å². The molecular weight excluding hydrogens is 328 g/mol. The number of rotatable bonds is 7. The molecule has 0 aromatic carbocycles. The van der Waals surface area contributed by atoms with Crippen LogP contribution in [0, 0.1) is 6.92 Å². The molecule has 0 aliphatic heterocycles. The summed E-state index contributed by atoms with van der Waals surface area (Å²) in [6, 6.07) is 1.41. The fourth-order valence-electron chi connectivity index (χ4n) is 3.17. The number of allylic oxidation sites excluding steroid dienone is 4. The number of nitrogens with one attached hydrogen (secondary N) is 2. The second-order valence-corrected chi connectivity index (χ2v) is 6.41. The van der Waals surface area contributed by atoms with Gasteiger partial charge in [-0.25, -0.2) is 4.79 Å². The molecule has 2 rings (SSSR count). The van der Waals surface area contributed by atoms with Gasteiger partial charge >= 0.3 is 0 Å². The smallest absolute Gasteiger partial charge is 0.248 e. The number of ketones is 1. The predicted molar refractivity (Wildman–Crippen MR) is 103 cm³/mol. The van der Waals surface area contributed by atoms with E-state index in [1.807, 2.05) is 13.0 Å². The van der Waals surface area contributed by atoms with E-state index in [2.05, 4.69) is 23.8 Å². The Hall–Kier alpha value is -2.91. The van der Waals surface area contributed by atoms with Gasteiger partial charge < -0.3 is 10.3 Å². The van der Waals surface area contributed by atoms with E-state index in [-0.39, 0.29) is 11.3 Å². The first-order valence-electron chi connectivity index (χ1n) is 8.77. The summed E-state index contributed by atoms with van der Waals surface area (Å²) in [5, 5.41) is 2.81. The van der Waals surface area contributed by atoms with Crippen LogP contribution in [-0.2, 0) is 4.79 Å². The second-order valence-electron chi connectivity index (χ2n) is 6.41. The third-order valence-corrected chi connectivity index (χ3v) is 4.48. The van der Waals surface area contributed by atoms with E-state index in [1.54, 1.807) is 12.9 Å². The third-order valence-electron chi connectivity index (χ3n) is 4.48. The van der Waals surface area contributed by atoms with Crippen molar-refractivity contribution in [2.45, 2.75) is 46.5 Å². The number of H-pyrrole nitrogens is 1. The molecule has 1 aliphatic carbocycles. The van der Waals surface area contributed by atoms with Crippen molar-refractivity contribution in [3.8, 4) is 0 Å². The fraction of sp³-hybridized carbons (Fsp3) is 0.333. The minimum atomic E-state index is -0.296. The van der Waals surface area contributed by atoms with Gasteiger partial charge in [0.25, 0.3) is 0 Å². The summed E-state index contributed by atoms with van der Waals surface area (Å²) in [7, 11) is 0. The standard InChI is InChI=1S/C21H24N2O3/c1-5-6-7-8-9-13(2)17-19(22-10-11-24)15(4)20-18(21(17)26)14(3)12-16(25)23-20/h9-10,12,22H,4-8H2,1-3H3,(H,23,25)/b13-9-. The van der Waals surface area contributed by atoms with Crippen molar-refractivity contribution in [2.24, 2.45) is 0 Å². The summed E-state index contributed by atoms with van der Waals surface area (Å²) < 4.78 is 0. The zero-order chi connectivity index (χ0) is 19.3.